The summed E-state index contributed by atoms with van der Waals surface area (Å²) in [5.74, 6) is -0.781. The van der Waals surface area contributed by atoms with Crippen molar-refractivity contribution < 1.29 is 9.59 Å². The van der Waals surface area contributed by atoms with E-state index in [0.29, 0.717) is 17.2 Å². The molecule has 1 aliphatic heterocycles. The largest absolute Gasteiger partial charge is 0.319 e. The van der Waals surface area contributed by atoms with E-state index in [9.17, 15) is 9.59 Å². The number of nitriles is 1. The molecule has 6 nitrogen and oxygen atoms in total. The summed E-state index contributed by atoms with van der Waals surface area (Å²) in [6.45, 7) is 7.35. The molecule has 1 fully saturated rings. The lowest BCUT2D eigenvalue weighted by molar-refractivity contribution is -0.144. The normalized spacial score (nSPS) is 15.0. The molecule has 0 atom stereocenters. The highest BCUT2D eigenvalue weighted by Gasteiger charge is 2.45. The summed E-state index contributed by atoms with van der Waals surface area (Å²) in [5.41, 5.74) is 1.12. The van der Waals surface area contributed by atoms with Gasteiger partial charge in [0.05, 0.1) is 17.3 Å². The smallest absolute Gasteiger partial charge is 0.271 e. The molecule has 0 bridgehead atoms. The van der Waals surface area contributed by atoms with Crippen LogP contribution in [0.15, 0.2) is 29.3 Å². The van der Waals surface area contributed by atoms with E-state index in [4.69, 9.17) is 5.26 Å². The summed E-state index contributed by atoms with van der Waals surface area (Å²) >= 11 is 0. The molecule has 1 heterocycles. The molecule has 0 aliphatic carbocycles. The SMILES string of the molecule is CC(C)N1C(=O)C(=O)N(C(C)C)C1=Nc1ccc(C#N)cc1. The highest BCUT2D eigenvalue weighted by atomic mass is 16.2. The summed E-state index contributed by atoms with van der Waals surface area (Å²) in [7, 11) is 0. The minimum Gasteiger partial charge on any atom is -0.271 e. The van der Waals surface area contributed by atoms with Crippen molar-refractivity contribution in [3.63, 3.8) is 0 Å². The van der Waals surface area contributed by atoms with Crippen LogP contribution in [0.4, 0.5) is 5.69 Å². The third kappa shape index (κ3) is 2.70. The van der Waals surface area contributed by atoms with Crippen molar-refractivity contribution in [1.82, 2.24) is 9.80 Å². The first kappa shape index (κ1) is 15.7. The molecule has 6 heteroatoms. The molecule has 0 radical (unpaired) electrons. The molecule has 22 heavy (non-hydrogen) atoms. The van der Waals surface area contributed by atoms with E-state index in [1.54, 1.807) is 24.3 Å². The van der Waals surface area contributed by atoms with Crippen LogP contribution >= 0.6 is 0 Å². The second-order valence-corrected chi connectivity index (χ2v) is 5.61. The second-order valence-electron chi connectivity index (χ2n) is 5.61. The van der Waals surface area contributed by atoms with Crippen molar-refractivity contribution in [2.75, 3.05) is 0 Å². The number of hydrogen-bond acceptors (Lipinski definition) is 4. The average Bonchev–Trinajstić information content (AvgIpc) is 2.71. The molecule has 114 valence electrons. The van der Waals surface area contributed by atoms with E-state index < -0.39 is 11.8 Å². The lowest BCUT2D eigenvalue weighted by atomic mass is 10.2. The molecule has 0 saturated carbocycles. The minimum atomic E-state index is -0.559. The maximum Gasteiger partial charge on any atom is 0.319 e. The van der Waals surface area contributed by atoms with Crippen molar-refractivity contribution in [1.29, 1.82) is 5.26 Å². The fourth-order valence-electron chi connectivity index (χ4n) is 2.27. The zero-order chi connectivity index (χ0) is 16.4. The van der Waals surface area contributed by atoms with E-state index in [1.165, 1.54) is 9.80 Å². The first-order valence-corrected chi connectivity index (χ1v) is 7.12. The molecule has 0 aromatic heterocycles. The third-order valence-electron chi connectivity index (χ3n) is 3.31. The van der Waals surface area contributed by atoms with Crippen LogP contribution in [0.5, 0.6) is 0 Å². The van der Waals surface area contributed by atoms with Gasteiger partial charge in [-0.3, -0.25) is 19.4 Å². The number of carbonyl (C=O) groups is 2. The molecular formula is C16H18N4O2. The number of guanidine groups is 1. The Morgan fingerprint density at radius 3 is 1.77 bits per heavy atom. The van der Waals surface area contributed by atoms with Gasteiger partial charge in [0.25, 0.3) is 0 Å². The zero-order valence-corrected chi connectivity index (χ0v) is 13.1. The standard InChI is InChI=1S/C16H18N4O2/c1-10(2)19-14(21)15(22)20(11(3)4)16(19)18-13-7-5-12(9-17)6-8-13/h5-8,10-11H,1-4H3. The molecule has 1 aliphatic rings. The molecule has 0 spiro atoms. The van der Waals surface area contributed by atoms with Gasteiger partial charge in [-0.05, 0) is 52.0 Å². The van der Waals surface area contributed by atoms with E-state index in [0.717, 1.165) is 0 Å². The predicted molar refractivity (Wildman–Crippen MR) is 82.2 cm³/mol. The Morgan fingerprint density at radius 2 is 1.41 bits per heavy atom. The number of nitrogens with zero attached hydrogens (tertiary/aromatic N) is 4. The number of rotatable bonds is 3. The van der Waals surface area contributed by atoms with Gasteiger partial charge in [-0.1, -0.05) is 0 Å². The van der Waals surface area contributed by atoms with Crippen LogP contribution in [-0.4, -0.2) is 39.7 Å². The Hall–Kier alpha value is -2.68. The number of hydrogen-bond donors (Lipinski definition) is 0. The molecule has 0 unspecified atom stereocenters. The second kappa shape index (κ2) is 5.98. The minimum absolute atomic E-state index is 0.169. The van der Waals surface area contributed by atoms with E-state index >= 15 is 0 Å². The Bertz CT molecular complexity index is 640. The van der Waals surface area contributed by atoms with Gasteiger partial charge in [-0.2, -0.15) is 5.26 Å². The first-order chi connectivity index (χ1) is 10.4. The Balaban J connectivity index is 2.50. The summed E-state index contributed by atoms with van der Waals surface area (Å²) in [6, 6.07) is 8.38. The Kier molecular flexibility index (Phi) is 4.27. The highest BCUT2D eigenvalue weighted by molar-refractivity contribution is 6.45. The van der Waals surface area contributed by atoms with Crippen molar-refractivity contribution in [3.8, 4) is 6.07 Å². The molecule has 1 saturated heterocycles. The Labute approximate surface area is 129 Å². The molecule has 2 amide bonds. The van der Waals surface area contributed by atoms with Crippen molar-refractivity contribution in [2.45, 2.75) is 39.8 Å². The van der Waals surface area contributed by atoms with Crippen molar-refractivity contribution >= 4 is 23.5 Å². The summed E-state index contributed by atoms with van der Waals surface area (Å²) < 4.78 is 0. The molecule has 0 N–H and O–H groups in total. The van der Waals surface area contributed by atoms with E-state index in [2.05, 4.69) is 4.99 Å². The van der Waals surface area contributed by atoms with E-state index in [-0.39, 0.29) is 12.1 Å². The monoisotopic (exact) mass is 298 g/mol. The molecular weight excluding hydrogens is 280 g/mol. The lowest BCUT2D eigenvalue weighted by Gasteiger charge is -2.25. The van der Waals surface area contributed by atoms with Crippen molar-refractivity contribution in [3.05, 3.63) is 29.8 Å². The lowest BCUT2D eigenvalue weighted by Crippen LogP contribution is -2.41. The predicted octanol–water partition coefficient (Wildman–Crippen LogP) is 2.03. The number of aliphatic imine (C=N–C) groups is 1. The maximum absolute atomic E-state index is 12.2. The van der Waals surface area contributed by atoms with Gasteiger partial charge in [0.2, 0.25) is 5.96 Å². The van der Waals surface area contributed by atoms with Gasteiger partial charge < -0.3 is 0 Å². The fourth-order valence-corrected chi connectivity index (χ4v) is 2.27. The summed E-state index contributed by atoms with van der Waals surface area (Å²) in [5, 5.41) is 8.82. The quantitative estimate of drug-likeness (QED) is 0.801. The van der Waals surface area contributed by atoms with Gasteiger partial charge >= 0.3 is 11.8 Å². The maximum atomic E-state index is 12.2. The van der Waals surface area contributed by atoms with E-state index in [1.807, 2.05) is 33.8 Å². The Morgan fingerprint density at radius 1 is 0.955 bits per heavy atom. The zero-order valence-electron chi connectivity index (χ0n) is 13.1. The fraction of sp³-hybridized carbons (Fsp3) is 0.375. The topological polar surface area (TPSA) is 76.8 Å². The van der Waals surface area contributed by atoms with Gasteiger partial charge in [-0.25, -0.2) is 4.99 Å². The number of amides is 2. The van der Waals surface area contributed by atoms with Gasteiger partial charge in [0, 0.05) is 12.1 Å². The van der Waals surface area contributed by atoms with Crippen LogP contribution in [0.2, 0.25) is 0 Å². The van der Waals surface area contributed by atoms with Gasteiger partial charge in [0.1, 0.15) is 0 Å². The molecule has 1 aromatic carbocycles. The molecule has 1 aromatic rings. The van der Waals surface area contributed by atoms with Crippen LogP contribution in [0.25, 0.3) is 0 Å². The summed E-state index contributed by atoms with van der Waals surface area (Å²) in [6.07, 6.45) is 0. The third-order valence-corrected chi connectivity index (χ3v) is 3.31. The van der Waals surface area contributed by atoms with Crippen LogP contribution < -0.4 is 0 Å². The van der Waals surface area contributed by atoms with Gasteiger partial charge in [-0.15, -0.1) is 0 Å². The first-order valence-electron chi connectivity index (χ1n) is 7.12. The number of benzene rings is 1. The average molecular weight is 298 g/mol. The van der Waals surface area contributed by atoms with Crippen LogP contribution in [0.3, 0.4) is 0 Å². The molecule has 2 rings (SSSR count). The van der Waals surface area contributed by atoms with Crippen molar-refractivity contribution in [2.24, 2.45) is 4.99 Å². The number of carbonyl (C=O) groups excluding carboxylic acids is 2. The van der Waals surface area contributed by atoms with Crippen LogP contribution in [-0.2, 0) is 9.59 Å². The van der Waals surface area contributed by atoms with Gasteiger partial charge in [0.15, 0.2) is 0 Å². The van der Waals surface area contributed by atoms with Crippen LogP contribution in [0, 0.1) is 11.3 Å². The summed E-state index contributed by atoms with van der Waals surface area (Å²) in [4.78, 5) is 31.6. The van der Waals surface area contributed by atoms with Crippen LogP contribution in [0.1, 0.15) is 33.3 Å². The highest BCUT2D eigenvalue weighted by Crippen LogP contribution is 2.22.